The number of hydrogen-bond donors (Lipinski definition) is 1. The average Bonchev–Trinajstić information content (AvgIpc) is 3.43. The predicted molar refractivity (Wildman–Crippen MR) is 119 cm³/mol. The Balaban J connectivity index is 1.37. The number of benzene rings is 1. The zero-order valence-electron chi connectivity index (χ0n) is 18.9. The maximum Gasteiger partial charge on any atom is 0.325 e. The number of amides is 5. The van der Waals surface area contributed by atoms with Crippen LogP contribution in [0.15, 0.2) is 47.1 Å². The van der Waals surface area contributed by atoms with Crippen molar-refractivity contribution in [1.82, 2.24) is 20.0 Å². The fourth-order valence-electron chi connectivity index (χ4n) is 4.28. The van der Waals surface area contributed by atoms with Crippen LogP contribution in [0, 0.1) is 0 Å². The number of urea groups is 1. The minimum absolute atomic E-state index is 0.220. The molecule has 0 aliphatic carbocycles. The second-order valence-electron chi connectivity index (χ2n) is 8.54. The van der Waals surface area contributed by atoms with Gasteiger partial charge in [0.15, 0.2) is 5.76 Å². The van der Waals surface area contributed by atoms with E-state index < -0.39 is 17.5 Å². The molecule has 1 atom stereocenters. The number of hydrogen-bond acceptors (Lipinski definition) is 5. The van der Waals surface area contributed by atoms with Crippen LogP contribution in [-0.4, -0.2) is 71.2 Å². The van der Waals surface area contributed by atoms with Crippen LogP contribution in [0.3, 0.4) is 0 Å². The van der Waals surface area contributed by atoms with Gasteiger partial charge in [-0.05, 0) is 36.6 Å². The van der Waals surface area contributed by atoms with E-state index in [4.69, 9.17) is 4.42 Å². The van der Waals surface area contributed by atoms with Crippen LogP contribution < -0.4 is 5.32 Å². The number of rotatable bonds is 6. The minimum Gasteiger partial charge on any atom is -0.459 e. The molecule has 3 heterocycles. The first-order valence-electron chi connectivity index (χ1n) is 11.2. The summed E-state index contributed by atoms with van der Waals surface area (Å²) in [6.45, 7) is 4.78. The minimum atomic E-state index is -1.21. The zero-order valence-corrected chi connectivity index (χ0v) is 18.9. The molecule has 174 valence electrons. The van der Waals surface area contributed by atoms with Gasteiger partial charge < -0.3 is 19.5 Å². The lowest BCUT2D eigenvalue weighted by atomic mass is 9.91. The molecule has 9 nitrogen and oxygen atoms in total. The van der Waals surface area contributed by atoms with Crippen molar-refractivity contribution >= 4 is 23.8 Å². The molecule has 1 aromatic carbocycles. The van der Waals surface area contributed by atoms with Gasteiger partial charge in [-0.1, -0.05) is 37.6 Å². The first kappa shape index (κ1) is 22.6. The second kappa shape index (κ2) is 9.09. The largest absolute Gasteiger partial charge is 0.459 e. The summed E-state index contributed by atoms with van der Waals surface area (Å²) in [5, 5.41) is 2.75. The Kier molecular flexibility index (Phi) is 6.22. The maximum absolute atomic E-state index is 13.1. The van der Waals surface area contributed by atoms with Crippen LogP contribution in [-0.2, 0) is 21.5 Å². The van der Waals surface area contributed by atoms with Crippen molar-refractivity contribution in [1.29, 1.82) is 0 Å². The molecule has 2 aliphatic heterocycles. The lowest BCUT2D eigenvalue weighted by Crippen LogP contribution is -2.53. The summed E-state index contributed by atoms with van der Waals surface area (Å²) in [6, 6.07) is 10.3. The highest BCUT2D eigenvalue weighted by Crippen LogP contribution is 2.29. The first-order valence-corrected chi connectivity index (χ1v) is 11.2. The number of furan rings is 1. The monoisotopic (exact) mass is 452 g/mol. The van der Waals surface area contributed by atoms with Crippen molar-refractivity contribution in [2.45, 2.75) is 32.2 Å². The molecule has 9 heteroatoms. The van der Waals surface area contributed by atoms with Crippen LogP contribution in [0.4, 0.5) is 4.79 Å². The Bertz CT molecular complexity index is 1040. The first-order chi connectivity index (χ1) is 15.8. The number of carbonyl (C=O) groups excluding carboxylic acids is 4. The third-order valence-electron chi connectivity index (χ3n) is 6.29. The van der Waals surface area contributed by atoms with E-state index in [1.165, 1.54) is 11.8 Å². The number of carbonyl (C=O) groups is 4. The molecular weight excluding hydrogens is 424 g/mol. The molecule has 0 bridgehead atoms. The molecule has 2 fully saturated rings. The standard InChI is InChI=1S/C24H28N4O5/c1-3-5-17-7-9-18(10-8-17)24(2)22(31)28(23(32)25-24)16-20(29)26-11-13-27(14-12-26)21(30)19-6-4-15-33-19/h4,6-10,15H,3,5,11-14,16H2,1-2H3,(H,25,32). The molecule has 1 N–H and O–H groups in total. The molecule has 4 rings (SSSR count). The summed E-state index contributed by atoms with van der Waals surface area (Å²) >= 11 is 0. The zero-order chi connectivity index (χ0) is 23.6. The second-order valence-corrected chi connectivity index (χ2v) is 8.54. The van der Waals surface area contributed by atoms with E-state index in [0.29, 0.717) is 31.7 Å². The van der Waals surface area contributed by atoms with Crippen molar-refractivity contribution in [3.8, 4) is 0 Å². The number of nitrogens with one attached hydrogen (secondary N) is 1. The lowest BCUT2D eigenvalue weighted by Gasteiger charge is -2.34. The lowest BCUT2D eigenvalue weighted by molar-refractivity contribution is -0.139. The average molecular weight is 453 g/mol. The van der Waals surface area contributed by atoms with Crippen molar-refractivity contribution < 1.29 is 23.6 Å². The highest BCUT2D eigenvalue weighted by Gasteiger charge is 2.49. The van der Waals surface area contributed by atoms with Gasteiger partial charge in [-0.2, -0.15) is 0 Å². The molecule has 5 amide bonds. The van der Waals surface area contributed by atoms with Gasteiger partial charge in [0.1, 0.15) is 12.1 Å². The Morgan fingerprint density at radius 3 is 2.30 bits per heavy atom. The van der Waals surface area contributed by atoms with Gasteiger partial charge in [0.25, 0.3) is 11.8 Å². The molecule has 0 saturated carbocycles. The normalized spacial score (nSPS) is 20.8. The van der Waals surface area contributed by atoms with Gasteiger partial charge in [0.2, 0.25) is 5.91 Å². The SMILES string of the molecule is CCCc1ccc(C2(C)NC(=O)N(CC(=O)N3CCN(C(=O)c4ccco4)CC3)C2=O)cc1. The van der Waals surface area contributed by atoms with E-state index in [-0.39, 0.29) is 24.1 Å². The Morgan fingerprint density at radius 2 is 1.70 bits per heavy atom. The summed E-state index contributed by atoms with van der Waals surface area (Å²) in [5.74, 6) is -0.736. The van der Waals surface area contributed by atoms with Gasteiger partial charge in [-0.3, -0.25) is 19.3 Å². The highest BCUT2D eigenvalue weighted by atomic mass is 16.3. The van der Waals surface area contributed by atoms with Gasteiger partial charge in [0, 0.05) is 26.2 Å². The molecule has 0 radical (unpaired) electrons. The summed E-state index contributed by atoms with van der Waals surface area (Å²) in [6.07, 6.45) is 3.41. The van der Waals surface area contributed by atoms with Crippen LogP contribution in [0.5, 0.6) is 0 Å². The van der Waals surface area contributed by atoms with Gasteiger partial charge in [-0.15, -0.1) is 0 Å². The number of piperazine rings is 1. The molecule has 2 saturated heterocycles. The van der Waals surface area contributed by atoms with E-state index in [0.717, 1.165) is 17.7 Å². The molecule has 1 unspecified atom stereocenters. The highest BCUT2D eigenvalue weighted by molar-refractivity contribution is 6.09. The van der Waals surface area contributed by atoms with E-state index in [1.54, 1.807) is 28.9 Å². The Hall–Kier alpha value is -3.62. The van der Waals surface area contributed by atoms with Crippen molar-refractivity contribution in [2.75, 3.05) is 32.7 Å². The fraction of sp³-hybridized carbons (Fsp3) is 0.417. The Morgan fingerprint density at radius 1 is 1.03 bits per heavy atom. The topological polar surface area (TPSA) is 103 Å². The molecule has 2 aromatic rings. The van der Waals surface area contributed by atoms with E-state index in [1.807, 2.05) is 24.3 Å². The smallest absolute Gasteiger partial charge is 0.325 e. The van der Waals surface area contributed by atoms with Crippen LogP contribution >= 0.6 is 0 Å². The predicted octanol–water partition coefficient (Wildman–Crippen LogP) is 1.98. The van der Waals surface area contributed by atoms with Gasteiger partial charge >= 0.3 is 6.03 Å². The van der Waals surface area contributed by atoms with E-state index >= 15 is 0 Å². The number of imide groups is 1. The third-order valence-corrected chi connectivity index (χ3v) is 6.29. The number of nitrogens with zero attached hydrogens (tertiary/aromatic N) is 3. The van der Waals surface area contributed by atoms with E-state index in [2.05, 4.69) is 12.2 Å². The van der Waals surface area contributed by atoms with Crippen molar-refractivity contribution in [3.05, 3.63) is 59.5 Å². The fourth-order valence-corrected chi connectivity index (χ4v) is 4.28. The quantitative estimate of drug-likeness (QED) is 0.675. The van der Waals surface area contributed by atoms with Gasteiger partial charge in [-0.25, -0.2) is 4.79 Å². The van der Waals surface area contributed by atoms with E-state index in [9.17, 15) is 19.2 Å². The number of aryl methyl sites for hydroxylation is 1. The summed E-state index contributed by atoms with van der Waals surface area (Å²) < 4.78 is 5.15. The summed E-state index contributed by atoms with van der Waals surface area (Å²) in [7, 11) is 0. The molecule has 0 spiro atoms. The summed E-state index contributed by atoms with van der Waals surface area (Å²) in [5.41, 5.74) is 0.634. The Labute approximate surface area is 192 Å². The van der Waals surface area contributed by atoms with Crippen LogP contribution in [0.1, 0.15) is 41.9 Å². The molecule has 33 heavy (non-hydrogen) atoms. The van der Waals surface area contributed by atoms with Gasteiger partial charge in [0.05, 0.1) is 6.26 Å². The molecule has 2 aliphatic rings. The molecular formula is C24H28N4O5. The summed E-state index contributed by atoms with van der Waals surface area (Å²) in [4.78, 5) is 55.1. The van der Waals surface area contributed by atoms with Crippen molar-refractivity contribution in [2.24, 2.45) is 0 Å². The third kappa shape index (κ3) is 4.35. The van der Waals surface area contributed by atoms with Crippen molar-refractivity contribution in [3.63, 3.8) is 0 Å². The molecule has 1 aromatic heterocycles. The van der Waals surface area contributed by atoms with Crippen LogP contribution in [0.2, 0.25) is 0 Å². The van der Waals surface area contributed by atoms with Crippen LogP contribution in [0.25, 0.3) is 0 Å². The maximum atomic E-state index is 13.1.